The summed E-state index contributed by atoms with van der Waals surface area (Å²) in [6.45, 7) is 4.87. The molecule has 0 saturated carbocycles. The molecule has 0 rings (SSSR count). The van der Waals surface area contributed by atoms with Crippen molar-refractivity contribution in [1.82, 2.24) is 5.32 Å². The quantitative estimate of drug-likeness (QED) is 0.402. The first-order valence-corrected chi connectivity index (χ1v) is 8.96. The van der Waals surface area contributed by atoms with Gasteiger partial charge >= 0.3 is 0 Å². The first-order chi connectivity index (χ1) is 10.3. The van der Waals surface area contributed by atoms with Crippen LogP contribution in [-0.4, -0.2) is 32.6 Å². The van der Waals surface area contributed by atoms with E-state index >= 15 is 0 Å². The average molecular weight is 299 g/mol. The van der Waals surface area contributed by atoms with E-state index in [1.54, 1.807) is 14.0 Å². The van der Waals surface area contributed by atoms with Crippen molar-refractivity contribution < 1.29 is 9.53 Å². The topological polar surface area (TPSA) is 38.3 Å². The van der Waals surface area contributed by atoms with Crippen LogP contribution < -0.4 is 5.32 Å². The normalized spacial score (nSPS) is 11.0. The van der Waals surface area contributed by atoms with Crippen LogP contribution in [0.2, 0.25) is 0 Å². The van der Waals surface area contributed by atoms with E-state index in [4.69, 9.17) is 4.74 Å². The standard InChI is InChI=1S/C18H37NO2/c1-18(20)14-10-8-6-4-3-5-7-9-11-15-19-16-12-13-17-21-2/h19H,3-17H2,1-2H3. The minimum atomic E-state index is 0.335. The summed E-state index contributed by atoms with van der Waals surface area (Å²) in [7, 11) is 1.76. The fraction of sp³-hybridized carbons (Fsp3) is 0.944. The van der Waals surface area contributed by atoms with Crippen LogP contribution in [0, 0.1) is 0 Å². The summed E-state index contributed by atoms with van der Waals surface area (Å²) in [6.07, 6.45) is 14.9. The molecule has 0 aliphatic heterocycles. The predicted octanol–water partition coefficient (Wildman–Crippen LogP) is 4.49. The highest BCUT2D eigenvalue weighted by Crippen LogP contribution is 2.10. The number of ether oxygens (including phenoxy) is 1. The molecule has 0 atom stereocenters. The van der Waals surface area contributed by atoms with Gasteiger partial charge in [-0.15, -0.1) is 0 Å². The van der Waals surface area contributed by atoms with Crippen molar-refractivity contribution in [2.45, 2.75) is 84.0 Å². The molecule has 0 aromatic heterocycles. The van der Waals surface area contributed by atoms with Gasteiger partial charge in [0.2, 0.25) is 0 Å². The summed E-state index contributed by atoms with van der Waals surface area (Å²) in [5.41, 5.74) is 0. The molecular weight excluding hydrogens is 262 g/mol. The molecular formula is C18H37NO2. The lowest BCUT2D eigenvalue weighted by atomic mass is 10.1. The molecule has 0 aromatic rings. The summed E-state index contributed by atoms with van der Waals surface area (Å²) >= 11 is 0. The number of methoxy groups -OCH3 is 1. The smallest absolute Gasteiger partial charge is 0.129 e. The van der Waals surface area contributed by atoms with Crippen LogP contribution in [0.15, 0.2) is 0 Å². The second-order valence-corrected chi connectivity index (χ2v) is 6.08. The van der Waals surface area contributed by atoms with Crippen LogP contribution in [0.25, 0.3) is 0 Å². The summed E-state index contributed by atoms with van der Waals surface area (Å²) in [4.78, 5) is 10.8. The Bertz CT molecular complexity index is 219. The van der Waals surface area contributed by atoms with Gasteiger partial charge in [-0.25, -0.2) is 0 Å². The maximum atomic E-state index is 10.8. The molecule has 3 nitrogen and oxygen atoms in total. The van der Waals surface area contributed by atoms with Crippen molar-refractivity contribution in [3.8, 4) is 0 Å². The summed E-state index contributed by atoms with van der Waals surface area (Å²) in [5, 5.41) is 3.50. The Labute approximate surface area is 132 Å². The predicted molar refractivity (Wildman–Crippen MR) is 90.8 cm³/mol. The first kappa shape index (κ1) is 20.6. The number of carbonyl (C=O) groups is 1. The third-order valence-electron chi connectivity index (χ3n) is 3.83. The number of nitrogens with one attached hydrogen (secondary N) is 1. The van der Waals surface area contributed by atoms with E-state index in [1.165, 1.54) is 57.8 Å². The van der Waals surface area contributed by atoms with E-state index in [1.807, 2.05) is 0 Å². The molecule has 0 amide bonds. The Morgan fingerprint density at radius 2 is 1.24 bits per heavy atom. The van der Waals surface area contributed by atoms with Crippen LogP contribution in [0.5, 0.6) is 0 Å². The highest BCUT2D eigenvalue weighted by molar-refractivity contribution is 5.75. The molecule has 1 N–H and O–H groups in total. The third-order valence-corrected chi connectivity index (χ3v) is 3.83. The van der Waals surface area contributed by atoms with Crippen LogP contribution in [0.1, 0.15) is 84.0 Å². The van der Waals surface area contributed by atoms with Gasteiger partial charge < -0.3 is 14.8 Å². The highest BCUT2D eigenvalue weighted by Gasteiger charge is 1.95. The van der Waals surface area contributed by atoms with Gasteiger partial charge in [0.1, 0.15) is 5.78 Å². The molecule has 0 bridgehead atoms. The second-order valence-electron chi connectivity index (χ2n) is 6.08. The zero-order valence-electron chi connectivity index (χ0n) is 14.4. The minimum absolute atomic E-state index is 0.335. The maximum Gasteiger partial charge on any atom is 0.129 e. The fourth-order valence-corrected chi connectivity index (χ4v) is 2.48. The lowest BCUT2D eigenvalue weighted by molar-refractivity contribution is -0.117. The highest BCUT2D eigenvalue weighted by atomic mass is 16.5. The minimum Gasteiger partial charge on any atom is -0.385 e. The number of hydrogen-bond donors (Lipinski definition) is 1. The first-order valence-electron chi connectivity index (χ1n) is 8.96. The Balaban J connectivity index is 2.95. The summed E-state index contributed by atoms with van der Waals surface area (Å²) < 4.78 is 5.02. The van der Waals surface area contributed by atoms with Crippen molar-refractivity contribution in [3.63, 3.8) is 0 Å². The lowest BCUT2D eigenvalue weighted by Gasteiger charge is -2.05. The van der Waals surface area contributed by atoms with Crippen molar-refractivity contribution in [1.29, 1.82) is 0 Å². The lowest BCUT2D eigenvalue weighted by Crippen LogP contribution is -2.16. The zero-order valence-corrected chi connectivity index (χ0v) is 14.4. The van der Waals surface area contributed by atoms with E-state index in [0.29, 0.717) is 5.78 Å². The number of carbonyl (C=O) groups excluding carboxylic acids is 1. The molecule has 0 aliphatic carbocycles. The van der Waals surface area contributed by atoms with Gasteiger partial charge in [0.05, 0.1) is 0 Å². The van der Waals surface area contributed by atoms with Crippen LogP contribution in [0.3, 0.4) is 0 Å². The Morgan fingerprint density at radius 1 is 0.762 bits per heavy atom. The van der Waals surface area contributed by atoms with Gasteiger partial charge in [-0.05, 0) is 45.7 Å². The third kappa shape index (κ3) is 19.6. The second kappa shape index (κ2) is 17.6. The molecule has 0 aromatic carbocycles. The van der Waals surface area contributed by atoms with Crippen LogP contribution in [-0.2, 0) is 9.53 Å². The number of ketones is 1. The molecule has 0 saturated heterocycles. The van der Waals surface area contributed by atoms with Gasteiger partial charge in [-0.1, -0.05) is 44.9 Å². The Kier molecular flexibility index (Phi) is 17.3. The van der Waals surface area contributed by atoms with E-state index in [9.17, 15) is 4.79 Å². The molecule has 3 heteroatoms. The molecule has 0 unspecified atom stereocenters. The van der Waals surface area contributed by atoms with Crippen molar-refractivity contribution in [2.24, 2.45) is 0 Å². The number of hydrogen-bond acceptors (Lipinski definition) is 3. The van der Waals surface area contributed by atoms with E-state index in [2.05, 4.69) is 5.32 Å². The van der Waals surface area contributed by atoms with Crippen LogP contribution in [0.4, 0.5) is 0 Å². The molecule has 0 heterocycles. The SMILES string of the molecule is COCCCCNCCCCCCCCCCCC(C)=O. The average Bonchev–Trinajstić information content (AvgIpc) is 2.46. The molecule has 0 aliphatic rings. The van der Waals surface area contributed by atoms with E-state index in [0.717, 1.165) is 39.0 Å². The Morgan fingerprint density at radius 3 is 1.76 bits per heavy atom. The molecule has 0 fully saturated rings. The molecule has 0 spiro atoms. The summed E-state index contributed by atoms with van der Waals surface area (Å²) in [6, 6.07) is 0. The molecule has 126 valence electrons. The van der Waals surface area contributed by atoms with Gasteiger partial charge in [0.15, 0.2) is 0 Å². The van der Waals surface area contributed by atoms with Crippen molar-refractivity contribution in [3.05, 3.63) is 0 Å². The van der Waals surface area contributed by atoms with Crippen molar-refractivity contribution >= 4 is 5.78 Å². The number of unbranched alkanes of at least 4 members (excludes halogenated alkanes) is 9. The summed E-state index contributed by atoms with van der Waals surface area (Å²) in [5.74, 6) is 0.335. The van der Waals surface area contributed by atoms with Gasteiger partial charge in [0.25, 0.3) is 0 Å². The van der Waals surface area contributed by atoms with Gasteiger partial charge in [0, 0.05) is 20.1 Å². The van der Waals surface area contributed by atoms with E-state index in [-0.39, 0.29) is 0 Å². The van der Waals surface area contributed by atoms with Crippen molar-refractivity contribution in [2.75, 3.05) is 26.8 Å². The van der Waals surface area contributed by atoms with Gasteiger partial charge in [-0.3, -0.25) is 0 Å². The number of Topliss-reactive ketones (excluding diaryl/α,β-unsaturated/α-hetero) is 1. The Hall–Kier alpha value is -0.410. The monoisotopic (exact) mass is 299 g/mol. The molecule has 21 heavy (non-hydrogen) atoms. The largest absolute Gasteiger partial charge is 0.385 e. The maximum absolute atomic E-state index is 10.8. The van der Waals surface area contributed by atoms with E-state index < -0.39 is 0 Å². The van der Waals surface area contributed by atoms with Crippen LogP contribution >= 0.6 is 0 Å². The zero-order chi connectivity index (χ0) is 15.6. The van der Waals surface area contributed by atoms with Gasteiger partial charge in [-0.2, -0.15) is 0 Å². The fourth-order valence-electron chi connectivity index (χ4n) is 2.48. The molecule has 0 radical (unpaired) electrons. The number of rotatable bonds is 17.